The molecular weight excluding hydrogens is 272 g/mol. The lowest BCUT2D eigenvalue weighted by Gasteiger charge is -2.02. The van der Waals surface area contributed by atoms with E-state index in [2.05, 4.69) is 22.6 Å². The van der Waals surface area contributed by atoms with E-state index < -0.39 is 0 Å². The molecule has 0 atom stereocenters. The van der Waals surface area contributed by atoms with Crippen molar-refractivity contribution in [1.29, 1.82) is 0 Å². The molecular formula is C8H9ClIN. The van der Waals surface area contributed by atoms with Gasteiger partial charge in [0, 0.05) is 3.57 Å². The number of hydrogen-bond donors (Lipinski definition) is 1. The smallest absolute Gasteiger partial charge is 0.0571 e. The average molecular weight is 282 g/mol. The zero-order valence-electron chi connectivity index (χ0n) is 5.98. The summed E-state index contributed by atoms with van der Waals surface area (Å²) in [4.78, 5) is 0. The molecule has 2 N–H and O–H groups in total. The summed E-state index contributed by atoms with van der Waals surface area (Å²) in [5.41, 5.74) is 6.56. The molecule has 0 saturated carbocycles. The van der Waals surface area contributed by atoms with Gasteiger partial charge in [0.15, 0.2) is 0 Å². The molecule has 0 aliphatic heterocycles. The lowest BCUT2D eigenvalue weighted by Crippen LogP contribution is -2.03. The number of hydrogen-bond acceptors (Lipinski definition) is 1. The maximum absolute atomic E-state index is 6.01. The summed E-state index contributed by atoms with van der Waals surface area (Å²) in [6, 6.07) is 6.00. The minimum Gasteiger partial charge on any atom is -0.330 e. The Labute approximate surface area is 85.1 Å². The SMILES string of the molecule is NCCc1cccc(I)c1Cl. The van der Waals surface area contributed by atoms with E-state index in [0.29, 0.717) is 6.54 Å². The first-order chi connectivity index (χ1) is 5.25. The van der Waals surface area contributed by atoms with Crippen LogP contribution in [0.4, 0.5) is 0 Å². The zero-order valence-corrected chi connectivity index (χ0v) is 8.89. The van der Waals surface area contributed by atoms with Crippen LogP contribution in [0.2, 0.25) is 5.02 Å². The van der Waals surface area contributed by atoms with Crippen molar-refractivity contribution in [3.05, 3.63) is 32.4 Å². The first-order valence-electron chi connectivity index (χ1n) is 3.38. The number of rotatable bonds is 2. The van der Waals surface area contributed by atoms with E-state index in [1.807, 2.05) is 18.2 Å². The summed E-state index contributed by atoms with van der Waals surface area (Å²) in [5.74, 6) is 0. The molecule has 0 aromatic heterocycles. The highest BCUT2D eigenvalue weighted by atomic mass is 127. The molecule has 0 saturated heterocycles. The summed E-state index contributed by atoms with van der Waals surface area (Å²) < 4.78 is 1.09. The zero-order chi connectivity index (χ0) is 8.27. The summed E-state index contributed by atoms with van der Waals surface area (Å²) in [6.07, 6.45) is 0.857. The van der Waals surface area contributed by atoms with Crippen molar-refractivity contribution in [3.8, 4) is 0 Å². The minimum absolute atomic E-state index is 0.653. The highest BCUT2D eigenvalue weighted by Gasteiger charge is 2.01. The van der Waals surface area contributed by atoms with Gasteiger partial charge in [0.25, 0.3) is 0 Å². The molecule has 1 aromatic rings. The van der Waals surface area contributed by atoms with Crippen molar-refractivity contribution in [3.63, 3.8) is 0 Å². The molecule has 0 heterocycles. The normalized spacial score (nSPS) is 10.1. The van der Waals surface area contributed by atoms with E-state index in [9.17, 15) is 0 Å². The first-order valence-corrected chi connectivity index (χ1v) is 4.84. The Kier molecular flexibility index (Phi) is 3.62. The topological polar surface area (TPSA) is 26.0 Å². The highest BCUT2D eigenvalue weighted by Crippen LogP contribution is 2.22. The van der Waals surface area contributed by atoms with Crippen molar-refractivity contribution in [2.24, 2.45) is 5.73 Å². The molecule has 11 heavy (non-hydrogen) atoms. The molecule has 3 heteroatoms. The van der Waals surface area contributed by atoms with Gasteiger partial charge in [-0.25, -0.2) is 0 Å². The van der Waals surface area contributed by atoms with Crippen molar-refractivity contribution in [2.45, 2.75) is 6.42 Å². The van der Waals surface area contributed by atoms with Gasteiger partial charge in [0.1, 0.15) is 0 Å². The van der Waals surface area contributed by atoms with E-state index in [4.69, 9.17) is 17.3 Å². The molecule has 0 radical (unpaired) electrons. The Morgan fingerprint density at radius 3 is 2.82 bits per heavy atom. The molecule has 0 unspecified atom stereocenters. The third kappa shape index (κ3) is 2.32. The molecule has 0 spiro atoms. The molecule has 60 valence electrons. The van der Waals surface area contributed by atoms with Gasteiger partial charge in [0.2, 0.25) is 0 Å². The average Bonchev–Trinajstić information content (AvgIpc) is 1.99. The number of benzene rings is 1. The summed E-state index contributed by atoms with van der Waals surface area (Å²) in [7, 11) is 0. The van der Waals surface area contributed by atoms with E-state index >= 15 is 0 Å². The van der Waals surface area contributed by atoms with Crippen LogP contribution >= 0.6 is 34.2 Å². The van der Waals surface area contributed by atoms with Crippen molar-refractivity contribution >= 4 is 34.2 Å². The number of halogens is 2. The van der Waals surface area contributed by atoms with E-state index in [-0.39, 0.29) is 0 Å². The van der Waals surface area contributed by atoms with Gasteiger partial charge in [-0.2, -0.15) is 0 Å². The van der Waals surface area contributed by atoms with E-state index in [1.54, 1.807) is 0 Å². The van der Waals surface area contributed by atoms with Gasteiger partial charge in [-0.05, 0) is 47.2 Å². The van der Waals surface area contributed by atoms with E-state index in [0.717, 1.165) is 20.6 Å². The lowest BCUT2D eigenvalue weighted by atomic mass is 10.1. The predicted octanol–water partition coefficient (Wildman–Crippen LogP) is 2.45. The monoisotopic (exact) mass is 281 g/mol. The van der Waals surface area contributed by atoms with Crippen molar-refractivity contribution < 1.29 is 0 Å². The van der Waals surface area contributed by atoms with Crippen molar-refractivity contribution in [2.75, 3.05) is 6.54 Å². The first kappa shape index (κ1) is 9.29. The molecule has 0 amide bonds. The van der Waals surface area contributed by atoms with Gasteiger partial charge in [-0.15, -0.1) is 0 Å². The van der Waals surface area contributed by atoms with Crippen LogP contribution in [0.1, 0.15) is 5.56 Å². The second-order valence-corrected chi connectivity index (χ2v) is 3.79. The van der Waals surface area contributed by atoms with Crippen LogP contribution in [-0.2, 0) is 6.42 Å². The maximum atomic E-state index is 6.01. The molecule has 1 rings (SSSR count). The second kappa shape index (κ2) is 4.28. The highest BCUT2D eigenvalue weighted by molar-refractivity contribution is 14.1. The molecule has 1 aromatic carbocycles. The maximum Gasteiger partial charge on any atom is 0.0571 e. The van der Waals surface area contributed by atoms with Gasteiger partial charge >= 0.3 is 0 Å². The minimum atomic E-state index is 0.653. The summed E-state index contributed by atoms with van der Waals surface area (Å²) in [6.45, 7) is 0.653. The molecule has 1 nitrogen and oxygen atoms in total. The third-order valence-electron chi connectivity index (χ3n) is 1.45. The quantitative estimate of drug-likeness (QED) is 0.828. The van der Waals surface area contributed by atoms with Crippen LogP contribution in [0.25, 0.3) is 0 Å². The second-order valence-electron chi connectivity index (χ2n) is 2.25. The Morgan fingerprint density at radius 2 is 2.18 bits per heavy atom. The van der Waals surface area contributed by atoms with Crippen molar-refractivity contribution in [1.82, 2.24) is 0 Å². The fourth-order valence-corrected chi connectivity index (χ4v) is 1.67. The van der Waals surface area contributed by atoms with Crippen LogP contribution < -0.4 is 5.73 Å². The van der Waals surface area contributed by atoms with Gasteiger partial charge < -0.3 is 5.73 Å². The third-order valence-corrected chi connectivity index (χ3v) is 3.11. The standard InChI is InChI=1S/C8H9ClIN/c9-8-6(4-5-11)2-1-3-7(8)10/h1-3H,4-5,11H2. The Morgan fingerprint density at radius 1 is 1.45 bits per heavy atom. The van der Waals surface area contributed by atoms with Crippen LogP contribution in [-0.4, -0.2) is 6.54 Å². The van der Waals surface area contributed by atoms with E-state index in [1.165, 1.54) is 0 Å². The van der Waals surface area contributed by atoms with Gasteiger partial charge in [-0.3, -0.25) is 0 Å². The van der Waals surface area contributed by atoms with Gasteiger partial charge in [0.05, 0.1) is 5.02 Å². The Bertz CT molecular complexity index is 250. The molecule has 0 aliphatic rings. The van der Waals surface area contributed by atoms with Crippen LogP contribution in [0, 0.1) is 3.57 Å². The largest absolute Gasteiger partial charge is 0.330 e. The fourth-order valence-electron chi connectivity index (χ4n) is 0.897. The fraction of sp³-hybridized carbons (Fsp3) is 0.250. The molecule has 0 fully saturated rings. The van der Waals surface area contributed by atoms with Crippen LogP contribution in [0.5, 0.6) is 0 Å². The summed E-state index contributed by atoms with van der Waals surface area (Å²) in [5, 5.41) is 0.846. The molecule has 0 aliphatic carbocycles. The molecule has 0 bridgehead atoms. The Balaban J connectivity index is 2.96. The summed E-state index contributed by atoms with van der Waals surface area (Å²) >= 11 is 8.23. The van der Waals surface area contributed by atoms with Crippen LogP contribution in [0.15, 0.2) is 18.2 Å². The predicted molar refractivity (Wildman–Crippen MR) is 56.9 cm³/mol. The van der Waals surface area contributed by atoms with Crippen LogP contribution in [0.3, 0.4) is 0 Å². The van der Waals surface area contributed by atoms with Gasteiger partial charge in [-0.1, -0.05) is 23.7 Å². The Hall–Kier alpha value is 0.200. The number of nitrogens with two attached hydrogens (primary N) is 1. The lowest BCUT2D eigenvalue weighted by molar-refractivity contribution is 0.968.